The summed E-state index contributed by atoms with van der Waals surface area (Å²) in [7, 11) is 3.43. The van der Waals surface area contributed by atoms with E-state index in [-0.39, 0.29) is 5.91 Å². The molecule has 1 saturated heterocycles. The molecule has 1 fully saturated rings. The second-order valence-electron chi connectivity index (χ2n) is 5.84. The molecule has 0 aromatic heterocycles. The predicted octanol–water partition coefficient (Wildman–Crippen LogP) is 1.60. The summed E-state index contributed by atoms with van der Waals surface area (Å²) in [5.74, 6) is 0.874. The lowest BCUT2D eigenvalue weighted by Crippen LogP contribution is -2.55. The number of likely N-dealkylation sites (N-methyl/N-ethyl adjacent to an activating group) is 1. The lowest BCUT2D eigenvalue weighted by Gasteiger charge is -2.37. The van der Waals surface area contributed by atoms with Gasteiger partial charge >= 0.3 is 0 Å². The quantitative estimate of drug-likeness (QED) is 0.867. The van der Waals surface area contributed by atoms with Crippen LogP contribution in [0.1, 0.15) is 18.4 Å². The molecule has 22 heavy (non-hydrogen) atoms. The summed E-state index contributed by atoms with van der Waals surface area (Å²) >= 11 is 0. The highest BCUT2D eigenvalue weighted by Gasteiger charge is 2.41. The fourth-order valence-corrected chi connectivity index (χ4v) is 2.72. The van der Waals surface area contributed by atoms with Crippen LogP contribution >= 0.6 is 0 Å². The zero-order valence-electron chi connectivity index (χ0n) is 13.7. The van der Waals surface area contributed by atoms with Crippen molar-refractivity contribution in [3.05, 3.63) is 29.8 Å². The number of aryl methyl sites for hydroxylation is 1. The minimum absolute atomic E-state index is 0.0454. The van der Waals surface area contributed by atoms with Crippen LogP contribution in [0.2, 0.25) is 0 Å². The molecule has 0 aliphatic carbocycles. The van der Waals surface area contributed by atoms with E-state index in [0.29, 0.717) is 26.0 Å². The van der Waals surface area contributed by atoms with Gasteiger partial charge in [0.2, 0.25) is 0 Å². The zero-order chi connectivity index (χ0) is 16.0. The number of hydrogen-bond donors (Lipinski definition) is 1. The number of rotatable bonds is 6. The molecule has 1 heterocycles. The van der Waals surface area contributed by atoms with Gasteiger partial charge in [0.15, 0.2) is 0 Å². The summed E-state index contributed by atoms with van der Waals surface area (Å²) in [6.07, 6.45) is 1.43. The van der Waals surface area contributed by atoms with Crippen molar-refractivity contribution in [1.29, 1.82) is 0 Å². The average Bonchev–Trinajstić information content (AvgIpc) is 2.56. The van der Waals surface area contributed by atoms with Gasteiger partial charge in [-0.05, 0) is 45.0 Å². The van der Waals surface area contributed by atoms with Crippen LogP contribution in [-0.2, 0) is 9.53 Å². The minimum Gasteiger partial charge on any atom is -0.492 e. The third-order valence-electron chi connectivity index (χ3n) is 4.25. The monoisotopic (exact) mass is 306 g/mol. The molecule has 1 N–H and O–H groups in total. The van der Waals surface area contributed by atoms with Gasteiger partial charge in [0, 0.05) is 14.2 Å². The molecule has 0 spiro atoms. The number of nitrogens with zero attached hydrogens (tertiary/aromatic N) is 1. The Bertz CT molecular complexity index is 481. The second kappa shape index (κ2) is 7.61. The number of hydrogen-bond acceptors (Lipinski definition) is 4. The number of amides is 1. The van der Waals surface area contributed by atoms with Crippen molar-refractivity contribution in [2.24, 2.45) is 0 Å². The zero-order valence-corrected chi connectivity index (χ0v) is 13.7. The first kappa shape index (κ1) is 16.8. The average molecular weight is 306 g/mol. The molecule has 0 atom stereocenters. The summed E-state index contributed by atoms with van der Waals surface area (Å²) in [4.78, 5) is 14.4. The Morgan fingerprint density at radius 2 is 1.91 bits per heavy atom. The van der Waals surface area contributed by atoms with Gasteiger partial charge in [-0.2, -0.15) is 0 Å². The van der Waals surface area contributed by atoms with Gasteiger partial charge in [-0.1, -0.05) is 17.7 Å². The molecule has 0 bridgehead atoms. The molecule has 122 valence electrons. The number of nitrogens with one attached hydrogen (secondary N) is 1. The van der Waals surface area contributed by atoms with Crippen molar-refractivity contribution >= 4 is 5.91 Å². The number of carbonyl (C=O) groups excluding carboxylic acids is 1. The number of methoxy groups -OCH3 is 1. The van der Waals surface area contributed by atoms with E-state index in [1.54, 1.807) is 12.0 Å². The molecule has 0 saturated carbocycles. The van der Waals surface area contributed by atoms with Crippen LogP contribution in [0.15, 0.2) is 24.3 Å². The van der Waals surface area contributed by atoms with Crippen molar-refractivity contribution < 1.29 is 14.3 Å². The van der Waals surface area contributed by atoms with E-state index < -0.39 is 5.60 Å². The highest BCUT2D eigenvalue weighted by molar-refractivity contribution is 5.85. The van der Waals surface area contributed by atoms with E-state index in [0.717, 1.165) is 18.8 Å². The summed E-state index contributed by atoms with van der Waals surface area (Å²) in [5, 5.41) is 3.26. The molecule has 1 amide bonds. The van der Waals surface area contributed by atoms with E-state index in [9.17, 15) is 4.79 Å². The van der Waals surface area contributed by atoms with E-state index in [1.165, 1.54) is 5.56 Å². The number of carbonyl (C=O) groups is 1. The van der Waals surface area contributed by atoms with E-state index in [4.69, 9.17) is 9.47 Å². The first-order valence-corrected chi connectivity index (χ1v) is 7.78. The number of ether oxygens (including phenoxy) is 2. The van der Waals surface area contributed by atoms with Gasteiger partial charge in [-0.25, -0.2) is 0 Å². The standard InChI is InChI=1S/C17H26N2O3/c1-14-4-6-15(7-5-14)22-13-12-19(2)16(20)17(21-3)8-10-18-11-9-17/h4-7,18H,8-13H2,1-3H3. The van der Waals surface area contributed by atoms with Crippen molar-refractivity contribution in [3.63, 3.8) is 0 Å². The maximum atomic E-state index is 12.7. The smallest absolute Gasteiger partial charge is 0.254 e. The molecule has 1 aromatic carbocycles. The van der Waals surface area contributed by atoms with Gasteiger partial charge in [0.1, 0.15) is 18.0 Å². The Kier molecular flexibility index (Phi) is 5.80. The van der Waals surface area contributed by atoms with Crippen molar-refractivity contribution in [3.8, 4) is 5.75 Å². The van der Waals surface area contributed by atoms with E-state index in [2.05, 4.69) is 5.32 Å². The fourth-order valence-electron chi connectivity index (χ4n) is 2.72. The van der Waals surface area contributed by atoms with Crippen LogP contribution in [0.4, 0.5) is 0 Å². The minimum atomic E-state index is -0.677. The van der Waals surface area contributed by atoms with Gasteiger partial charge in [-0.15, -0.1) is 0 Å². The topological polar surface area (TPSA) is 50.8 Å². The van der Waals surface area contributed by atoms with Gasteiger partial charge in [-0.3, -0.25) is 4.79 Å². The van der Waals surface area contributed by atoms with Crippen LogP contribution in [0.5, 0.6) is 5.75 Å². The molecule has 0 unspecified atom stereocenters. The molecule has 5 heteroatoms. The summed E-state index contributed by atoms with van der Waals surface area (Å²) in [6.45, 7) is 4.69. The molecule has 2 rings (SSSR count). The third kappa shape index (κ3) is 3.99. The number of piperidine rings is 1. The fraction of sp³-hybridized carbons (Fsp3) is 0.588. The van der Waals surface area contributed by atoms with Crippen molar-refractivity contribution in [2.45, 2.75) is 25.4 Å². The van der Waals surface area contributed by atoms with Gasteiger partial charge < -0.3 is 19.7 Å². The van der Waals surface area contributed by atoms with Gasteiger partial charge in [0.05, 0.1) is 6.54 Å². The van der Waals surface area contributed by atoms with Crippen LogP contribution in [0.3, 0.4) is 0 Å². The Labute approximate surface area is 132 Å². The predicted molar refractivity (Wildman–Crippen MR) is 86.2 cm³/mol. The molecule has 1 aromatic rings. The number of benzene rings is 1. The second-order valence-corrected chi connectivity index (χ2v) is 5.84. The Morgan fingerprint density at radius 3 is 2.50 bits per heavy atom. The highest BCUT2D eigenvalue weighted by atomic mass is 16.5. The van der Waals surface area contributed by atoms with Crippen molar-refractivity contribution in [1.82, 2.24) is 10.2 Å². The van der Waals surface area contributed by atoms with E-state index in [1.807, 2.05) is 38.2 Å². The van der Waals surface area contributed by atoms with Crippen LogP contribution in [-0.4, -0.2) is 56.8 Å². The largest absolute Gasteiger partial charge is 0.492 e. The third-order valence-corrected chi connectivity index (χ3v) is 4.25. The maximum absolute atomic E-state index is 12.7. The molecule has 0 radical (unpaired) electrons. The first-order valence-electron chi connectivity index (χ1n) is 7.78. The van der Waals surface area contributed by atoms with Crippen molar-refractivity contribution in [2.75, 3.05) is 40.4 Å². The summed E-state index contributed by atoms with van der Waals surface area (Å²) < 4.78 is 11.3. The first-order chi connectivity index (χ1) is 10.6. The maximum Gasteiger partial charge on any atom is 0.254 e. The van der Waals surface area contributed by atoms with E-state index >= 15 is 0 Å². The molecular weight excluding hydrogens is 280 g/mol. The molecule has 1 aliphatic heterocycles. The lowest BCUT2D eigenvalue weighted by atomic mass is 9.90. The van der Waals surface area contributed by atoms with Crippen LogP contribution in [0, 0.1) is 6.92 Å². The SMILES string of the molecule is COC1(C(=O)N(C)CCOc2ccc(C)cc2)CCNCC1. The summed E-state index contributed by atoms with van der Waals surface area (Å²) in [5.41, 5.74) is 0.525. The molecule has 5 nitrogen and oxygen atoms in total. The van der Waals surface area contributed by atoms with Crippen LogP contribution < -0.4 is 10.1 Å². The normalized spacial score (nSPS) is 17.0. The Hall–Kier alpha value is -1.59. The Balaban J connectivity index is 1.84. The lowest BCUT2D eigenvalue weighted by molar-refractivity contribution is -0.157. The van der Waals surface area contributed by atoms with Crippen LogP contribution in [0.25, 0.3) is 0 Å². The summed E-state index contributed by atoms with van der Waals surface area (Å²) in [6, 6.07) is 7.92. The molecular formula is C17H26N2O3. The highest BCUT2D eigenvalue weighted by Crippen LogP contribution is 2.24. The molecule has 1 aliphatic rings. The van der Waals surface area contributed by atoms with Gasteiger partial charge in [0.25, 0.3) is 5.91 Å². The Morgan fingerprint density at radius 1 is 1.27 bits per heavy atom.